The minimum Gasteiger partial charge on any atom is -0.480 e. The lowest BCUT2D eigenvalue weighted by molar-refractivity contribution is -0.143. The molecule has 0 spiro atoms. The van der Waals surface area contributed by atoms with E-state index >= 15 is 0 Å². The Kier molecular flexibility index (Phi) is 9.03. The summed E-state index contributed by atoms with van der Waals surface area (Å²) in [6, 6.07) is 13.2. The minimum absolute atomic E-state index is 0.127. The third kappa shape index (κ3) is 6.92. The van der Waals surface area contributed by atoms with Crippen LogP contribution in [0.5, 0.6) is 0 Å². The number of aryl methyl sites for hydroxylation is 1. The minimum atomic E-state index is -0.726. The van der Waals surface area contributed by atoms with Crippen molar-refractivity contribution in [2.45, 2.75) is 69.7 Å². The molecule has 224 valence electrons. The highest BCUT2D eigenvalue weighted by Crippen LogP contribution is 2.41. The predicted octanol–water partition coefficient (Wildman–Crippen LogP) is 6.72. The Balaban J connectivity index is 1.11. The second kappa shape index (κ2) is 12.9. The van der Waals surface area contributed by atoms with Crippen LogP contribution in [0.15, 0.2) is 48.5 Å². The maximum Gasteiger partial charge on any atom is 0.320 e. The van der Waals surface area contributed by atoms with Crippen molar-refractivity contribution in [3.63, 3.8) is 0 Å². The highest BCUT2D eigenvalue weighted by molar-refractivity contribution is 7.11. The van der Waals surface area contributed by atoms with E-state index in [1.807, 2.05) is 29.5 Å². The second-order valence-electron chi connectivity index (χ2n) is 12.6. The lowest BCUT2D eigenvalue weighted by atomic mass is 9.87. The molecular formula is C34H41F2N3O2S. The number of rotatable bonds is 11. The molecule has 2 aliphatic heterocycles. The summed E-state index contributed by atoms with van der Waals surface area (Å²) in [6.07, 6.45) is 6.79. The average molecular weight is 594 g/mol. The molecule has 8 heteroatoms. The van der Waals surface area contributed by atoms with Crippen LogP contribution in [0.25, 0.3) is 0 Å². The number of likely N-dealkylation sites (tertiary alicyclic amines) is 2. The van der Waals surface area contributed by atoms with E-state index in [1.54, 1.807) is 12.1 Å². The maximum absolute atomic E-state index is 14.2. The molecule has 3 heterocycles. The molecule has 2 saturated heterocycles. The summed E-state index contributed by atoms with van der Waals surface area (Å²) in [6.45, 7) is 6.48. The number of hydrogen-bond donors (Lipinski definition) is 1. The monoisotopic (exact) mass is 593 g/mol. The summed E-state index contributed by atoms with van der Waals surface area (Å²) in [5.74, 6) is 0.248. The molecule has 6 rings (SSSR count). The van der Waals surface area contributed by atoms with Gasteiger partial charge in [-0.15, -0.1) is 11.3 Å². The number of thiazole rings is 1. The van der Waals surface area contributed by atoms with E-state index in [0.717, 1.165) is 87.3 Å². The molecule has 5 nitrogen and oxygen atoms in total. The molecule has 1 N–H and O–H groups in total. The van der Waals surface area contributed by atoms with Crippen molar-refractivity contribution in [3.05, 3.63) is 86.9 Å². The third-order valence-corrected chi connectivity index (χ3v) is 10.8. The van der Waals surface area contributed by atoms with Crippen LogP contribution in [0.2, 0.25) is 0 Å². The fraction of sp³-hybridized carbons (Fsp3) is 0.529. The number of carboxylic acid groups (broad SMARTS) is 1. The highest BCUT2D eigenvalue weighted by atomic mass is 32.1. The molecule has 1 saturated carbocycles. The van der Waals surface area contributed by atoms with E-state index in [-0.39, 0.29) is 23.5 Å². The van der Waals surface area contributed by atoms with Gasteiger partial charge in [0.15, 0.2) is 0 Å². The van der Waals surface area contributed by atoms with Gasteiger partial charge in [0.05, 0.1) is 10.7 Å². The summed E-state index contributed by atoms with van der Waals surface area (Å²) in [7, 11) is 0. The summed E-state index contributed by atoms with van der Waals surface area (Å²) in [4.78, 5) is 23.3. The zero-order valence-electron chi connectivity index (χ0n) is 24.4. The standard InChI is InChI=1S/C34H41F2N3O2S/c1-2-30-33(42-32(37-30)17-23-8-10-27(35)11-9-23)24-12-14-38(15-13-24)19-26-20-39(31(34(40)41)16-22-6-7-22)21-29(26)25-4-3-5-28(36)18-25/h3-5,8-11,18,22,24,26,29,31H,2,6-7,12-17,19-21H2,1H3,(H,40,41)/t26-,29?,31?/m0/s1. The third-order valence-electron chi connectivity index (χ3n) is 9.55. The lowest BCUT2D eigenvalue weighted by Gasteiger charge is -2.34. The first-order valence-electron chi connectivity index (χ1n) is 15.5. The topological polar surface area (TPSA) is 56.7 Å². The van der Waals surface area contributed by atoms with Crippen LogP contribution in [0, 0.1) is 23.5 Å². The van der Waals surface area contributed by atoms with Gasteiger partial charge in [-0.25, -0.2) is 13.8 Å². The SMILES string of the molecule is CCc1nc(Cc2ccc(F)cc2)sc1C1CCN(C[C@H]2CN(C(CC3CC3)C(=O)O)CC2c2cccc(F)c2)CC1. The van der Waals surface area contributed by atoms with Gasteiger partial charge < -0.3 is 10.0 Å². The van der Waals surface area contributed by atoms with Crippen LogP contribution in [-0.2, 0) is 17.6 Å². The molecule has 0 amide bonds. The van der Waals surface area contributed by atoms with Crippen molar-refractivity contribution in [1.82, 2.24) is 14.8 Å². The molecule has 2 unspecified atom stereocenters. The summed E-state index contributed by atoms with van der Waals surface area (Å²) < 4.78 is 27.6. The van der Waals surface area contributed by atoms with Crippen molar-refractivity contribution in [3.8, 4) is 0 Å². The number of carbonyl (C=O) groups is 1. The molecule has 1 aromatic heterocycles. The first kappa shape index (κ1) is 29.4. The summed E-state index contributed by atoms with van der Waals surface area (Å²) >= 11 is 1.82. The van der Waals surface area contributed by atoms with Crippen molar-refractivity contribution < 1.29 is 18.7 Å². The van der Waals surface area contributed by atoms with Gasteiger partial charge in [-0.3, -0.25) is 9.69 Å². The Hall–Kier alpha value is -2.68. The van der Waals surface area contributed by atoms with Crippen LogP contribution in [0.1, 0.15) is 77.6 Å². The Labute approximate surface area is 251 Å². The molecule has 0 bridgehead atoms. The Morgan fingerprint density at radius 1 is 1.05 bits per heavy atom. The molecule has 3 fully saturated rings. The molecule has 3 atom stereocenters. The molecule has 2 aromatic carbocycles. The van der Waals surface area contributed by atoms with E-state index in [4.69, 9.17) is 4.98 Å². The van der Waals surface area contributed by atoms with E-state index in [2.05, 4.69) is 16.7 Å². The first-order chi connectivity index (χ1) is 20.4. The molecule has 3 aliphatic rings. The number of aromatic nitrogens is 1. The van der Waals surface area contributed by atoms with Gasteiger partial charge in [0.1, 0.15) is 17.7 Å². The summed E-state index contributed by atoms with van der Waals surface area (Å²) in [5, 5.41) is 11.2. The smallest absolute Gasteiger partial charge is 0.320 e. The molecular weight excluding hydrogens is 552 g/mol. The quantitative estimate of drug-likeness (QED) is 0.268. The largest absolute Gasteiger partial charge is 0.480 e. The molecule has 3 aromatic rings. The zero-order valence-corrected chi connectivity index (χ0v) is 25.2. The maximum atomic E-state index is 14.2. The first-order valence-corrected chi connectivity index (χ1v) is 16.4. The van der Waals surface area contributed by atoms with Crippen LogP contribution < -0.4 is 0 Å². The van der Waals surface area contributed by atoms with Gasteiger partial charge in [-0.1, -0.05) is 44.0 Å². The normalized spacial score (nSPS) is 22.9. The van der Waals surface area contributed by atoms with Crippen LogP contribution in [-0.4, -0.2) is 64.6 Å². The second-order valence-corrected chi connectivity index (χ2v) is 13.7. The fourth-order valence-electron chi connectivity index (χ4n) is 7.08. The van der Waals surface area contributed by atoms with Gasteiger partial charge in [0.2, 0.25) is 0 Å². The number of nitrogens with zero attached hydrogens (tertiary/aromatic N) is 3. The average Bonchev–Trinajstić information content (AvgIpc) is 3.58. The van der Waals surface area contributed by atoms with E-state index in [9.17, 15) is 18.7 Å². The van der Waals surface area contributed by atoms with Crippen LogP contribution >= 0.6 is 11.3 Å². The van der Waals surface area contributed by atoms with Gasteiger partial charge in [-0.2, -0.15) is 0 Å². The molecule has 42 heavy (non-hydrogen) atoms. The number of benzene rings is 2. The Bertz CT molecular complexity index is 1370. The van der Waals surface area contributed by atoms with Crippen molar-refractivity contribution >= 4 is 17.3 Å². The van der Waals surface area contributed by atoms with Crippen LogP contribution in [0.3, 0.4) is 0 Å². The Morgan fingerprint density at radius 3 is 2.48 bits per heavy atom. The van der Waals surface area contributed by atoms with E-state index < -0.39 is 12.0 Å². The van der Waals surface area contributed by atoms with E-state index in [0.29, 0.717) is 18.4 Å². The fourth-order valence-corrected chi connectivity index (χ4v) is 8.44. The van der Waals surface area contributed by atoms with E-state index in [1.165, 1.54) is 28.8 Å². The van der Waals surface area contributed by atoms with Crippen molar-refractivity contribution in [1.29, 1.82) is 0 Å². The highest BCUT2D eigenvalue weighted by Gasteiger charge is 2.42. The molecule has 0 radical (unpaired) electrons. The number of carboxylic acids is 1. The number of aliphatic carboxylic acids is 1. The van der Waals surface area contributed by atoms with Gasteiger partial charge in [0.25, 0.3) is 0 Å². The van der Waals surface area contributed by atoms with Crippen LogP contribution in [0.4, 0.5) is 8.78 Å². The summed E-state index contributed by atoms with van der Waals surface area (Å²) in [5.41, 5.74) is 3.26. The zero-order chi connectivity index (χ0) is 29.2. The predicted molar refractivity (Wildman–Crippen MR) is 162 cm³/mol. The van der Waals surface area contributed by atoms with Crippen molar-refractivity contribution in [2.24, 2.45) is 11.8 Å². The number of hydrogen-bond acceptors (Lipinski definition) is 5. The Morgan fingerprint density at radius 2 is 1.81 bits per heavy atom. The molecule has 1 aliphatic carbocycles. The van der Waals surface area contributed by atoms with Gasteiger partial charge in [0, 0.05) is 36.9 Å². The number of halogens is 2. The van der Waals surface area contributed by atoms with Gasteiger partial charge in [-0.05, 0) is 91.9 Å². The lowest BCUT2D eigenvalue weighted by Crippen LogP contribution is -2.41. The number of piperidine rings is 1. The van der Waals surface area contributed by atoms with Crippen molar-refractivity contribution in [2.75, 3.05) is 32.7 Å². The van der Waals surface area contributed by atoms with Gasteiger partial charge >= 0.3 is 5.97 Å².